The number of nitrogens with one attached hydrogen (secondary N) is 1. The molecular weight excluding hydrogens is 569 g/mol. The van der Waals surface area contributed by atoms with Crippen molar-refractivity contribution in [1.29, 1.82) is 0 Å². The standard InChI is InChI=1S/C30H35Cl2N3O4S/c1-4-6-17-33-30(37)28(5-2)34(20-23-15-16-24(31)19-27(23)32)29(36)21-35(25-12-10-11-22(3)18-25)40(38,39)26-13-8-7-9-14-26/h7-16,18-19,28H,4-6,17,20-21H2,1-3H3,(H,33,37)/t28-/m0/s1. The van der Waals surface area contributed by atoms with E-state index in [1.54, 1.807) is 54.6 Å². The Morgan fingerprint density at radius 2 is 1.68 bits per heavy atom. The first-order chi connectivity index (χ1) is 19.1. The van der Waals surface area contributed by atoms with Gasteiger partial charge < -0.3 is 10.2 Å². The molecular formula is C30H35Cl2N3O4S. The predicted molar refractivity (Wildman–Crippen MR) is 161 cm³/mol. The summed E-state index contributed by atoms with van der Waals surface area (Å²) in [7, 11) is -4.11. The molecule has 0 spiro atoms. The fourth-order valence-corrected chi connectivity index (χ4v) is 6.19. The van der Waals surface area contributed by atoms with Crippen molar-refractivity contribution in [2.24, 2.45) is 0 Å². The maximum Gasteiger partial charge on any atom is 0.264 e. The number of carbonyl (C=O) groups excluding carboxylic acids is 2. The number of unbranched alkanes of at least 4 members (excludes halogenated alkanes) is 1. The van der Waals surface area contributed by atoms with Gasteiger partial charge in [-0.15, -0.1) is 0 Å². The van der Waals surface area contributed by atoms with Gasteiger partial charge in [0.25, 0.3) is 10.0 Å². The summed E-state index contributed by atoms with van der Waals surface area (Å²) in [6.45, 7) is 5.66. The Morgan fingerprint density at radius 3 is 2.30 bits per heavy atom. The van der Waals surface area contributed by atoms with E-state index in [9.17, 15) is 18.0 Å². The van der Waals surface area contributed by atoms with Gasteiger partial charge in [0.2, 0.25) is 11.8 Å². The van der Waals surface area contributed by atoms with E-state index >= 15 is 0 Å². The average Bonchev–Trinajstić information content (AvgIpc) is 2.93. The molecule has 40 heavy (non-hydrogen) atoms. The average molecular weight is 605 g/mol. The molecule has 3 rings (SSSR count). The molecule has 0 aromatic heterocycles. The summed E-state index contributed by atoms with van der Waals surface area (Å²) in [5.41, 5.74) is 1.78. The number of benzene rings is 3. The molecule has 7 nitrogen and oxygen atoms in total. The Morgan fingerprint density at radius 1 is 0.950 bits per heavy atom. The van der Waals surface area contributed by atoms with Gasteiger partial charge in [-0.25, -0.2) is 8.42 Å². The number of rotatable bonds is 13. The highest BCUT2D eigenvalue weighted by atomic mass is 35.5. The normalized spacial score (nSPS) is 12.0. The smallest absolute Gasteiger partial charge is 0.264 e. The first-order valence-electron chi connectivity index (χ1n) is 13.2. The maximum atomic E-state index is 14.1. The Bertz CT molecular complexity index is 1420. The lowest BCUT2D eigenvalue weighted by molar-refractivity contribution is -0.140. The number of halogens is 2. The largest absolute Gasteiger partial charge is 0.354 e. The Balaban J connectivity index is 2.05. The molecule has 0 aliphatic carbocycles. The number of carbonyl (C=O) groups is 2. The molecule has 2 amide bonds. The van der Waals surface area contributed by atoms with Gasteiger partial charge in [-0.3, -0.25) is 13.9 Å². The minimum atomic E-state index is -4.11. The summed E-state index contributed by atoms with van der Waals surface area (Å²) < 4.78 is 28.8. The van der Waals surface area contributed by atoms with Crippen LogP contribution in [-0.4, -0.2) is 44.3 Å². The van der Waals surface area contributed by atoms with Gasteiger partial charge in [0.15, 0.2) is 0 Å². The predicted octanol–water partition coefficient (Wildman–Crippen LogP) is 6.22. The van der Waals surface area contributed by atoms with Crippen LogP contribution >= 0.6 is 23.2 Å². The summed E-state index contributed by atoms with van der Waals surface area (Å²) in [6, 6.07) is 19.0. The summed E-state index contributed by atoms with van der Waals surface area (Å²) in [6.07, 6.45) is 2.03. The van der Waals surface area contributed by atoms with Crippen LogP contribution in [0.15, 0.2) is 77.7 Å². The van der Waals surface area contributed by atoms with Gasteiger partial charge in [-0.2, -0.15) is 0 Å². The lowest BCUT2D eigenvalue weighted by atomic mass is 10.1. The first-order valence-corrected chi connectivity index (χ1v) is 15.4. The molecule has 0 fully saturated rings. The molecule has 0 radical (unpaired) electrons. The first kappa shape index (κ1) is 31.5. The van der Waals surface area contributed by atoms with Crippen LogP contribution in [0.1, 0.15) is 44.2 Å². The molecule has 3 aromatic carbocycles. The lowest BCUT2D eigenvalue weighted by Gasteiger charge is -2.33. The topological polar surface area (TPSA) is 86.8 Å². The van der Waals surface area contributed by atoms with Gasteiger partial charge >= 0.3 is 0 Å². The second-order valence-corrected chi connectivity index (χ2v) is 12.2. The van der Waals surface area contributed by atoms with Crippen molar-refractivity contribution in [2.45, 2.75) is 57.5 Å². The van der Waals surface area contributed by atoms with Crippen molar-refractivity contribution in [3.63, 3.8) is 0 Å². The second kappa shape index (κ2) is 14.5. The molecule has 0 bridgehead atoms. The number of nitrogens with zero attached hydrogens (tertiary/aromatic N) is 2. The van der Waals surface area contributed by atoms with E-state index in [2.05, 4.69) is 5.32 Å². The van der Waals surface area contributed by atoms with Gasteiger partial charge in [-0.1, -0.05) is 79.9 Å². The number of sulfonamides is 1. The Labute approximate surface area is 247 Å². The molecule has 0 unspecified atom stereocenters. The summed E-state index contributed by atoms with van der Waals surface area (Å²) >= 11 is 12.5. The number of hydrogen-bond donors (Lipinski definition) is 1. The van der Waals surface area contributed by atoms with Crippen LogP contribution in [-0.2, 0) is 26.2 Å². The van der Waals surface area contributed by atoms with Crippen molar-refractivity contribution in [1.82, 2.24) is 10.2 Å². The van der Waals surface area contributed by atoms with Gasteiger partial charge in [0, 0.05) is 23.1 Å². The van der Waals surface area contributed by atoms with Crippen molar-refractivity contribution in [2.75, 3.05) is 17.4 Å². The van der Waals surface area contributed by atoms with Crippen LogP contribution in [0, 0.1) is 6.92 Å². The van der Waals surface area contributed by atoms with E-state index in [0.29, 0.717) is 34.3 Å². The van der Waals surface area contributed by atoms with Crippen LogP contribution < -0.4 is 9.62 Å². The zero-order chi connectivity index (χ0) is 29.3. The van der Waals surface area contributed by atoms with Crippen LogP contribution in [0.25, 0.3) is 0 Å². The van der Waals surface area contributed by atoms with E-state index in [1.807, 2.05) is 26.8 Å². The monoisotopic (exact) mass is 603 g/mol. The highest BCUT2D eigenvalue weighted by Crippen LogP contribution is 2.27. The van der Waals surface area contributed by atoms with Gasteiger partial charge in [-0.05, 0) is 67.3 Å². The molecule has 0 aliphatic rings. The number of amides is 2. The molecule has 3 aromatic rings. The van der Waals surface area contributed by atoms with Crippen LogP contribution in [0.4, 0.5) is 5.69 Å². The molecule has 0 saturated heterocycles. The van der Waals surface area contributed by atoms with E-state index in [4.69, 9.17) is 23.2 Å². The van der Waals surface area contributed by atoms with Gasteiger partial charge in [0.05, 0.1) is 10.6 Å². The fraction of sp³-hybridized carbons (Fsp3) is 0.333. The highest BCUT2D eigenvalue weighted by Gasteiger charge is 2.33. The van der Waals surface area contributed by atoms with Crippen molar-refractivity contribution in [3.8, 4) is 0 Å². The van der Waals surface area contributed by atoms with Crippen molar-refractivity contribution < 1.29 is 18.0 Å². The molecule has 0 saturated carbocycles. The molecule has 0 aliphatic heterocycles. The summed E-state index contributed by atoms with van der Waals surface area (Å²) in [5.74, 6) is -0.841. The number of anilines is 1. The molecule has 214 valence electrons. The zero-order valence-electron chi connectivity index (χ0n) is 22.9. The number of hydrogen-bond acceptors (Lipinski definition) is 4. The summed E-state index contributed by atoms with van der Waals surface area (Å²) in [5, 5.41) is 3.70. The minimum Gasteiger partial charge on any atom is -0.354 e. The van der Waals surface area contributed by atoms with E-state index < -0.39 is 28.5 Å². The molecule has 1 N–H and O–H groups in total. The summed E-state index contributed by atoms with van der Waals surface area (Å²) in [4.78, 5) is 28.8. The highest BCUT2D eigenvalue weighted by molar-refractivity contribution is 7.92. The van der Waals surface area contributed by atoms with E-state index in [-0.39, 0.29) is 17.3 Å². The molecule has 0 heterocycles. The third kappa shape index (κ3) is 7.99. The quantitative estimate of drug-likeness (QED) is 0.235. The fourth-order valence-electron chi connectivity index (χ4n) is 4.29. The van der Waals surface area contributed by atoms with Crippen molar-refractivity contribution in [3.05, 3.63) is 94.0 Å². The maximum absolute atomic E-state index is 14.1. The number of aryl methyl sites for hydroxylation is 1. The van der Waals surface area contributed by atoms with Crippen LogP contribution in [0.2, 0.25) is 10.0 Å². The lowest BCUT2D eigenvalue weighted by Crippen LogP contribution is -2.52. The minimum absolute atomic E-state index is 0.00157. The zero-order valence-corrected chi connectivity index (χ0v) is 25.3. The second-order valence-electron chi connectivity index (χ2n) is 9.49. The van der Waals surface area contributed by atoms with Crippen LogP contribution in [0.3, 0.4) is 0 Å². The van der Waals surface area contributed by atoms with Crippen LogP contribution in [0.5, 0.6) is 0 Å². The van der Waals surface area contributed by atoms with Crippen molar-refractivity contribution >= 4 is 50.7 Å². The molecule has 1 atom stereocenters. The molecule has 10 heteroatoms. The third-order valence-corrected chi connectivity index (χ3v) is 8.85. The third-order valence-electron chi connectivity index (χ3n) is 6.47. The Hall–Kier alpha value is -3.07. The van der Waals surface area contributed by atoms with E-state index in [0.717, 1.165) is 22.7 Å². The Kier molecular flexibility index (Phi) is 11.4. The van der Waals surface area contributed by atoms with Gasteiger partial charge in [0.1, 0.15) is 12.6 Å². The SMILES string of the molecule is CCCCNC(=O)[C@H](CC)N(Cc1ccc(Cl)cc1Cl)C(=O)CN(c1cccc(C)c1)S(=O)(=O)c1ccccc1. The van der Waals surface area contributed by atoms with E-state index in [1.165, 1.54) is 17.0 Å².